The van der Waals surface area contributed by atoms with Crippen LogP contribution < -0.4 is 10.2 Å². The van der Waals surface area contributed by atoms with Crippen molar-refractivity contribution in [2.24, 2.45) is 5.92 Å². The molecule has 2 aromatic rings. The smallest absolute Gasteiger partial charge is 0.258 e. The molecule has 5 heteroatoms. The second-order valence-corrected chi connectivity index (χ2v) is 7.14. The lowest BCUT2D eigenvalue weighted by molar-refractivity contribution is 0.102. The van der Waals surface area contributed by atoms with Crippen molar-refractivity contribution in [3.63, 3.8) is 0 Å². The van der Waals surface area contributed by atoms with Crippen LogP contribution in [0.5, 0.6) is 0 Å². The number of rotatable bonds is 4. The van der Waals surface area contributed by atoms with Gasteiger partial charge in [0.2, 0.25) is 5.95 Å². The van der Waals surface area contributed by atoms with Crippen LogP contribution in [0.3, 0.4) is 0 Å². The molecule has 3 rings (SSSR count). The highest BCUT2D eigenvalue weighted by atomic mass is 16.1. The number of para-hydroxylation sites is 1. The molecule has 25 heavy (non-hydrogen) atoms. The third-order valence-electron chi connectivity index (χ3n) is 4.80. The predicted octanol–water partition coefficient (Wildman–Crippen LogP) is 4.09. The Labute approximate surface area is 149 Å². The Bertz CT molecular complexity index is 719. The third-order valence-corrected chi connectivity index (χ3v) is 4.80. The summed E-state index contributed by atoms with van der Waals surface area (Å²) in [4.78, 5) is 23.5. The molecule has 2 heterocycles. The van der Waals surface area contributed by atoms with E-state index in [1.165, 1.54) is 0 Å². The second kappa shape index (κ2) is 7.64. The van der Waals surface area contributed by atoms with Crippen molar-refractivity contribution in [1.29, 1.82) is 0 Å². The van der Waals surface area contributed by atoms with E-state index in [-0.39, 0.29) is 5.91 Å². The van der Waals surface area contributed by atoms with Crippen LogP contribution in [-0.2, 0) is 0 Å². The van der Waals surface area contributed by atoms with Gasteiger partial charge in [0.25, 0.3) is 5.91 Å². The Morgan fingerprint density at radius 2 is 1.80 bits per heavy atom. The summed E-state index contributed by atoms with van der Waals surface area (Å²) in [5.41, 5.74) is 2.44. The highest BCUT2D eigenvalue weighted by Gasteiger charge is 2.18. The van der Waals surface area contributed by atoms with Crippen LogP contribution >= 0.6 is 0 Å². The highest BCUT2D eigenvalue weighted by molar-refractivity contribution is 6.04. The Morgan fingerprint density at radius 3 is 2.44 bits per heavy atom. The van der Waals surface area contributed by atoms with Crippen molar-refractivity contribution in [3.05, 3.63) is 47.8 Å². The van der Waals surface area contributed by atoms with Crippen LogP contribution in [0.4, 0.5) is 11.6 Å². The fourth-order valence-electron chi connectivity index (χ4n) is 3.12. The first-order valence-electron chi connectivity index (χ1n) is 9.02. The number of anilines is 2. The minimum Gasteiger partial charge on any atom is -0.341 e. The normalized spacial score (nSPS) is 15.4. The van der Waals surface area contributed by atoms with E-state index in [0.29, 0.717) is 17.4 Å². The number of carbonyl (C=O) groups is 1. The quantitative estimate of drug-likeness (QED) is 0.912. The standard InChI is InChI=1S/C20H26N4O/c1-14(2)17-6-4-5-7-18(17)23-19(25)16-12-21-20(22-13-16)24-10-8-15(3)9-11-24/h4-7,12-15H,8-11H2,1-3H3,(H,23,25). The SMILES string of the molecule is CC1CCN(c2ncc(C(=O)Nc3ccccc3C(C)C)cn2)CC1. The van der Waals surface area contributed by atoms with E-state index >= 15 is 0 Å². The topological polar surface area (TPSA) is 58.1 Å². The summed E-state index contributed by atoms with van der Waals surface area (Å²) in [6.45, 7) is 8.47. The van der Waals surface area contributed by atoms with Gasteiger partial charge in [-0.1, -0.05) is 39.0 Å². The predicted molar refractivity (Wildman–Crippen MR) is 101 cm³/mol. The van der Waals surface area contributed by atoms with Crippen molar-refractivity contribution in [3.8, 4) is 0 Å². The molecule has 0 radical (unpaired) electrons. The summed E-state index contributed by atoms with van der Waals surface area (Å²) in [7, 11) is 0. The number of hydrogen-bond donors (Lipinski definition) is 1. The van der Waals surface area contributed by atoms with Gasteiger partial charge in [-0.15, -0.1) is 0 Å². The molecule has 0 spiro atoms. The highest BCUT2D eigenvalue weighted by Crippen LogP contribution is 2.24. The van der Waals surface area contributed by atoms with Crippen LogP contribution in [0.1, 0.15) is 55.5 Å². The van der Waals surface area contributed by atoms with Crippen molar-refractivity contribution in [2.75, 3.05) is 23.3 Å². The maximum absolute atomic E-state index is 12.5. The Hall–Kier alpha value is -2.43. The summed E-state index contributed by atoms with van der Waals surface area (Å²) >= 11 is 0. The minimum atomic E-state index is -0.174. The summed E-state index contributed by atoms with van der Waals surface area (Å²) < 4.78 is 0. The average Bonchev–Trinajstić information content (AvgIpc) is 2.63. The van der Waals surface area contributed by atoms with E-state index in [1.807, 2.05) is 24.3 Å². The van der Waals surface area contributed by atoms with Crippen LogP contribution in [0.2, 0.25) is 0 Å². The van der Waals surface area contributed by atoms with Crippen molar-refractivity contribution in [2.45, 2.75) is 39.5 Å². The number of piperidine rings is 1. The van der Waals surface area contributed by atoms with E-state index in [4.69, 9.17) is 0 Å². The lowest BCUT2D eigenvalue weighted by atomic mass is 10.00. The van der Waals surface area contributed by atoms with E-state index < -0.39 is 0 Å². The molecule has 1 aliphatic rings. The molecule has 0 saturated carbocycles. The lowest BCUT2D eigenvalue weighted by Crippen LogP contribution is -2.34. The van der Waals surface area contributed by atoms with Gasteiger partial charge in [-0.05, 0) is 36.3 Å². The molecule has 0 aliphatic carbocycles. The minimum absolute atomic E-state index is 0.174. The number of nitrogens with one attached hydrogen (secondary N) is 1. The van der Waals surface area contributed by atoms with Gasteiger partial charge < -0.3 is 10.2 Å². The van der Waals surface area contributed by atoms with Crippen molar-refractivity contribution < 1.29 is 4.79 Å². The van der Waals surface area contributed by atoms with Gasteiger partial charge in [0, 0.05) is 31.2 Å². The largest absolute Gasteiger partial charge is 0.341 e. The van der Waals surface area contributed by atoms with Gasteiger partial charge in [-0.2, -0.15) is 0 Å². The zero-order chi connectivity index (χ0) is 17.8. The van der Waals surface area contributed by atoms with E-state index in [1.54, 1.807) is 12.4 Å². The van der Waals surface area contributed by atoms with Crippen molar-refractivity contribution >= 4 is 17.5 Å². The van der Waals surface area contributed by atoms with Gasteiger partial charge in [0.15, 0.2) is 0 Å². The number of amides is 1. The monoisotopic (exact) mass is 338 g/mol. The summed E-state index contributed by atoms with van der Waals surface area (Å²) in [5.74, 6) is 1.65. The lowest BCUT2D eigenvalue weighted by Gasteiger charge is -2.30. The van der Waals surface area contributed by atoms with Crippen LogP contribution in [0.15, 0.2) is 36.7 Å². The molecule has 132 valence electrons. The van der Waals surface area contributed by atoms with E-state index in [9.17, 15) is 4.79 Å². The first-order chi connectivity index (χ1) is 12.0. The fraction of sp³-hybridized carbons (Fsp3) is 0.450. The second-order valence-electron chi connectivity index (χ2n) is 7.14. The number of aromatic nitrogens is 2. The maximum atomic E-state index is 12.5. The van der Waals surface area contributed by atoms with Gasteiger partial charge in [-0.25, -0.2) is 9.97 Å². The third kappa shape index (κ3) is 4.16. The van der Waals surface area contributed by atoms with E-state index in [2.05, 4.69) is 41.0 Å². The molecule has 0 atom stereocenters. The first kappa shape index (κ1) is 17.4. The zero-order valence-electron chi connectivity index (χ0n) is 15.2. The van der Waals surface area contributed by atoms with Crippen LogP contribution in [0, 0.1) is 5.92 Å². The number of hydrogen-bond acceptors (Lipinski definition) is 4. The fourth-order valence-corrected chi connectivity index (χ4v) is 3.12. The number of benzene rings is 1. The summed E-state index contributed by atoms with van der Waals surface area (Å²) in [5, 5.41) is 2.98. The van der Waals surface area contributed by atoms with Gasteiger partial charge in [-0.3, -0.25) is 4.79 Å². The van der Waals surface area contributed by atoms with Gasteiger partial charge >= 0.3 is 0 Å². The molecule has 1 aromatic heterocycles. The zero-order valence-corrected chi connectivity index (χ0v) is 15.2. The van der Waals surface area contributed by atoms with Crippen LogP contribution in [-0.4, -0.2) is 29.0 Å². The molecular weight excluding hydrogens is 312 g/mol. The Morgan fingerprint density at radius 1 is 1.16 bits per heavy atom. The average molecular weight is 338 g/mol. The molecule has 1 amide bonds. The number of nitrogens with zero attached hydrogens (tertiary/aromatic N) is 3. The van der Waals surface area contributed by atoms with Crippen molar-refractivity contribution in [1.82, 2.24) is 9.97 Å². The molecule has 1 aliphatic heterocycles. The summed E-state index contributed by atoms with van der Waals surface area (Å²) in [6, 6.07) is 7.88. The van der Waals surface area contributed by atoms with E-state index in [0.717, 1.165) is 43.1 Å². The molecule has 5 nitrogen and oxygen atoms in total. The maximum Gasteiger partial charge on any atom is 0.258 e. The van der Waals surface area contributed by atoms with Gasteiger partial charge in [0.1, 0.15) is 0 Å². The molecule has 0 unspecified atom stereocenters. The Kier molecular flexibility index (Phi) is 5.31. The molecular formula is C20H26N4O. The Balaban J connectivity index is 1.69. The van der Waals surface area contributed by atoms with Crippen LogP contribution in [0.25, 0.3) is 0 Å². The molecule has 1 aromatic carbocycles. The molecule has 1 saturated heterocycles. The molecule has 1 fully saturated rings. The first-order valence-corrected chi connectivity index (χ1v) is 9.02. The van der Waals surface area contributed by atoms with Gasteiger partial charge in [0.05, 0.1) is 5.56 Å². The molecule has 0 bridgehead atoms. The number of carbonyl (C=O) groups excluding carboxylic acids is 1. The summed E-state index contributed by atoms with van der Waals surface area (Å²) in [6.07, 6.45) is 5.57. The molecule has 1 N–H and O–H groups in total.